The van der Waals surface area contributed by atoms with E-state index in [-0.39, 0.29) is 6.54 Å². The summed E-state index contributed by atoms with van der Waals surface area (Å²) in [5.74, 6) is 0. The maximum atomic E-state index is 11.6. The molecule has 0 fully saturated rings. The highest BCUT2D eigenvalue weighted by Gasteiger charge is 2.31. The Balaban J connectivity index is 2.66. The van der Waals surface area contributed by atoms with Gasteiger partial charge in [-0.25, -0.2) is 8.42 Å². The number of anilines is 1. The standard InChI is InChI=1S/C8H8ClNO2S/c9-8-5-10-6-3-1-2-4-7(6)13(8,11)12/h1-4,8,10H,5H2. The molecule has 70 valence electrons. The summed E-state index contributed by atoms with van der Waals surface area (Å²) < 4.78 is 22.4. The molecule has 1 N–H and O–H groups in total. The van der Waals surface area contributed by atoms with Gasteiger partial charge in [-0.2, -0.15) is 0 Å². The predicted molar refractivity (Wildman–Crippen MR) is 51.8 cm³/mol. The van der Waals surface area contributed by atoms with Crippen molar-refractivity contribution in [2.24, 2.45) is 0 Å². The number of sulfone groups is 1. The summed E-state index contributed by atoms with van der Waals surface area (Å²) in [6, 6.07) is 6.77. The lowest BCUT2D eigenvalue weighted by atomic mass is 10.3. The lowest BCUT2D eigenvalue weighted by Gasteiger charge is -2.21. The van der Waals surface area contributed by atoms with E-state index in [0.717, 1.165) is 0 Å². The highest BCUT2D eigenvalue weighted by molar-refractivity contribution is 7.93. The van der Waals surface area contributed by atoms with E-state index < -0.39 is 14.5 Å². The average molecular weight is 218 g/mol. The summed E-state index contributed by atoms with van der Waals surface area (Å²) in [5, 5.41) is 2.96. The van der Waals surface area contributed by atoms with Crippen molar-refractivity contribution in [3.8, 4) is 0 Å². The minimum Gasteiger partial charge on any atom is -0.381 e. The van der Waals surface area contributed by atoms with Crippen LogP contribution in [0.4, 0.5) is 5.69 Å². The van der Waals surface area contributed by atoms with Crippen molar-refractivity contribution in [3.63, 3.8) is 0 Å². The smallest absolute Gasteiger partial charge is 0.198 e. The second kappa shape index (κ2) is 2.89. The second-order valence-electron chi connectivity index (χ2n) is 2.83. The van der Waals surface area contributed by atoms with Crippen molar-refractivity contribution in [1.29, 1.82) is 0 Å². The largest absolute Gasteiger partial charge is 0.381 e. The minimum atomic E-state index is -3.32. The molecule has 5 heteroatoms. The first-order valence-electron chi connectivity index (χ1n) is 3.83. The molecule has 1 atom stereocenters. The van der Waals surface area contributed by atoms with Gasteiger partial charge in [0.15, 0.2) is 14.5 Å². The molecule has 13 heavy (non-hydrogen) atoms. The van der Waals surface area contributed by atoms with E-state index in [1.807, 2.05) is 0 Å². The molecule has 0 radical (unpaired) electrons. The fraction of sp³-hybridized carbons (Fsp3) is 0.250. The first-order valence-corrected chi connectivity index (χ1v) is 5.81. The van der Waals surface area contributed by atoms with E-state index in [0.29, 0.717) is 10.6 Å². The lowest BCUT2D eigenvalue weighted by molar-refractivity contribution is 0.591. The van der Waals surface area contributed by atoms with E-state index in [4.69, 9.17) is 11.6 Å². The Bertz CT molecular complexity index is 430. The number of halogens is 1. The van der Waals surface area contributed by atoms with Crippen LogP contribution < -0.4 is 5.32 Å². The van der Waals surface area contributed by atoms with E-state index >= 15 is 0 Å². The Labute approximate surface area is 81.6 Å². The monoisotopic (exact) mass is 217 g/mol. The van der Waals surface area contributed by atoms with Gasteiger partial charge in [0.25, 0.3) is 0 Å². The SMILES string of the molecule is O=S1(=O)c2ccccc2NCC1Cl. The number of nitrogens with one attached hydrogen (secondary N) is 1. The fourth-order valence-electron chi connectivity index (χ4n) is 1.30. The number of para-hydroxylation sites is 1. The number of alkyl halides is 1. The van der Waals surface area contributed by atoms with Crippen molar-refractivity contribution in [1.82, 2.24) is 0 Å². The molecule has 0 spiro atoms. The summed E-state index contributed by atoms with van der Waals surface area (Å²) in [5.41, 5.74) is 0.638. The molecule has 0 aromatic heterocycles. The number of hydrogen-bond donors (Lipinski definition) is 1. The molecule has 1 aromatic carbocycles. The minimum absolute atomic E-state index is 0.265. The van der Waals surface area contributed by atoms with Gasteiger partial charge in [-0.05, 0) is 12.1 Å². The maximum Gasteiger partial charge on any atom is 0.198 e. The van der Waals surface area contributed by atoms with E-state index in [1.165, 1.54) is 0 Å². The molecule has 1 aromatic rings. The maximum absolute atomic E-state index is 11.6. The third-order valence-electron chi connectivity index (χ3n) is 1.98. The van der Waals surface area contributed by atoms with E-state index in [1.54, 1.807) is 24.3 Å². The molecule has 0 aliphatic carbocycles. The molecular formula is C8H8ClNO2S. The highest BCUT2D eigenvalue weighted by atomic mass is 35.5. The molecule has 3 nitrogen and oxygen atoms in total. The van der Waals surface area contributed by atoms with Crippen LogP contribution in [0.5, 0.6) is 0 Å². The van der Waals surface area contributed by atoms with Gasteiger partial charge in [0.05, 0.1) is 10.6 Å². The zero-order valence-corrected chi connectivity index (χ0v) is 8.27. The van der Waals surface area contributed by atoms with Crippen molar-refractivity contribution >= 4 is 27.1 Å². The van der Waals surface area contributed by atoms with Crippen LogP contribution in [0.3, 0.4) is 0 Å². The van der Waals surface area contributed by atoms with E-state index in [9.17, 15) is 8.42 Å². The quantitative estimate of drug-likeness (QED) is 0.670. The van der Waals surface area contributed by atoms with Crippen LogP contribution in [0.25, 0.3) is 0 Å². The molecule has 1 unspecified atom stereocenters. The Morgan fingerprint density at radius 1 is 1.38 bits per heavy atom. The number of fused-ring (bicyclic) bond motifs is 1. The lowest BCUT2D eigenvalue weighted by Crippen LogP contribution is -2.29. The van der Waals surface area contributed by atoms with Gasteiger partial charge in [-0.1, -0.05) is 12.1 Å². The first kappa shape index (κ1) is 8.84. The van der Waals surface area contributed by atoms with Gasteiger partial charge >= 0.3 is 0 Å². The van der Waals surface area contributed by atoms with Gasteiger partial charge in [-0.15, -0.1) is 11.6 Å². The van der Waals surface area contributed by atoms with Crippen LogP contribution in [0.15, 0.2) is 29.2 Å². The van der Waals surface area contributed by atoms with Crippen LogP contribution in [-0.2, 0) is 9.84 Å². The second-order valence-corrected chi connectivity index (χ2v) is 5.72. The van der Waals surface area contributed by atoms with Gasteiger partial charge in [-0.3, -0.25) is 0 Å². The van der Waals surface area contributed by atoms with Gasteiger partial charge < -0.3 is 5.32 Å². The van der Waals surface area contributed by atoms with Crippen LogP contribution in [0, 0.1) is 0 Å². The Kier molecular flexibility index (Phi) is 1.96. The summed E-state index contributed by atoms with van der Waals surface area (Å²) >= 11 is 5.69. The van der Waals surface area contributed by atoms with Crippen molar-refractivity contribution in [2.75, 3.05) is 11.9 Å². The molecule has 0 saturated heterocycles. The summed E-state index contributed by atoms with van der Waals surface area (Å²) in [7, 11) is -3.32. The van der Waals surface area contributed by atoms with Gasteiger partial charge in [0.1, 0.15) is 0 Å². The van der Waals surface area contributed by atoms with Gasteiger partial charge in [0.2, 0.25) is 0 Å². The Morgan fingerprint density at radius 3 is 2.85 bits per heavy atom. The van der Waals surface area contributed by atoms with Crippen LogP contribution in [-0.4, -0.2) is 19.7 Å². The zero-order valence-electron chi connectivity index (χ0n) is 6.70. The topological polar surface area (TPSA) is 46.2 Å². The fourth-order valence-corrected chi connectivity index (χ4v) is 2.96. The zero-order chi connectivity index (χ0) is 9.47. The molecule has 1 aliphatic rings. The third kappa shape index (κ3) is 1.30. The molecular weight excluding hydrogens is 210 g/mol. The molecule has 2 rings (SSSR count). The van der Waals surface area contributed by atoms with Crippen LogP contribution in [0.2, 0.25) is 0 Å². The predicted octanol–water partition coefficient (Wildman–Crippen LogP) is 1.45. The molecule has 1 aliphatic heterocycles. The Morgan fingerprint density at radius 2 is 2.08 bits per heavy atom. The molecule has 0 amide bonds. The summed E-state index contributed by atoms with van der Waals surface area (Å²) in [6.07, 6.45) is 0. The highest BCUT2D eigenvalue weighted by Crippen LogP contribution is 2.30. The number of rotatable bonds is 0. The van der Waals surface area contributed by atoms with Crippen LogP contribution >= 0.6 is 11.6 Å². The summed E-state index contributed by atoms with van der Waals surface area (Å²) in [6.45, 7) is 0.265. The normalized spacial score (nSPS) is 24.5. The number of hydrogen-bond acceptors (Lipinski definition) is 3. The van der Waals surface area contributed by atoms with Crippen molar-refractivity contribution in [3.05, 3.63) is 24.3 Å². The Hall–Kier alpha value is -0.740. The van der Waals surface area contributed by atoms with Crippen molar-refractivity contribution in [2.45, 2.75) is 9.60 Å². The van der Waals surface area contributed by atoms with Crippen molar-refractivity contribution < 1.29 is 8.42 Å². The first-order chi connectivity index (χ1) is 6.12. The van der Waals surface area contributed by atoms with Gasteiger partial charge in [0, 0.05) is 6.54 Å². The van der Waals surface area contributed by atoms with Crippen LogP contribution in [0.1, 0.15) is 0 Å². The number of benzene rings is 1. The summed E-state index contributed by atoms with van der Waals surface area (Å²) in [4.78, 5) is 0.293. The molecule has 0 saturated carbocycles. The van der Waals surface area contributed by atoms with E-state index in [2.05, 4.69) is 5.32 Å². The third-order valence-corrected chi connectivity index (χ3v) is 4.65. The molecule has 1 heterocycles. The molecule has 0 bridgehead atoms. The average Bonchev–Trinajstić information content (AvgIpc) is 2.13.